The van der Waals surface area contributed by atoms with Gasteiger partial charge in [0, 0.05) is 23.4 Å². The van der Waals surface area contributed by atoms with Gasteiger partial charge in [-0.05, 0) is 42.2 Å². The molecule has 5 heteroatoms. The maximum absolute atomic E-state index is 10.3. The highest BCUT2D eigenvalue weighted by atomic mass is 35.5. The van der Waals surface area contributed by atoms with Crippen LogP contribution in [-0.2, 0) is 12.3 Å². The van der Waals surface area contributed by atoms with E-state index in [1.54, 1.807) is 6.20 Å². The highest BCUT2D eigenvalue weighted by Gasteiger charge is 2.22. The number of aliphatic imine (C=N–C) groups is 1. The van der Waals surface area contributed by atoms with Crippen molar-refractivity contribution in [1.29, 1.82) is 0 Å². The van der Waals surface area contributed by atoms with Crippen molar-refractivity contribution >= 4 is 23.4 Å². The van der Waals surface area contributed by atoms with Crippen molar-refractivity contribution in [2.24, 2.45) is 4.99 Å². The summed E-state index contributed by atoms with van der Waals surface area (Å²) in [6.45, 7) is 4.08. The van der Waals surface area contributed by atoms with Crippen LogP contribution < -0.4 is 9.47 Å². The lowest BCUT2D eigenvalue weighted by molar-refractivity contribution is 0.171. The fraction of sp³-hybridized carbons (Fsp3) is 0.250. The molecule has 1 aliphatic rings. The van der Waals surface area contributed by atoms with Crippen LogP contribution in [0.25, 0.3) is 6.08 Å². The summed E-state index contributed by atoms with van der Waals surface area (Å²) in [6.07, 6.45) is 4.29. The molecule has 130 valence electrons. The van der Waals surface area contributed by atoms with Gasteiger partial charge in [0.1, 0.15) is 0 Å². The number of rotatable bonds is 5. The van der Waals surface area contributed by atoms with Crippen LogP contribution in [0.15, 0.2) is 41.5 Å². The van der Waals surface area contributed by atoms with Crippen molar-refractivity contribution in [2.45, 2.75) is 26.1 Å². The number of phenols is 1. The molecular weight excluding hydrogens is 338 g/mol. The third-order valence-corrected chi connectivity index (χ3v) is 4.49. The first kappa shape index (κ1) is 17.4. The lowest BCUT2D eigenvalue weighted by Gasteiger charge is -2.09. The Bertz CT molecular complexity index is 826. The minimum Gasteiger partial charge on any atom is -0.504 e. The van der Waals surface area contributed by atoms with E-state index in [9.17, 15) is 5.11 Å². The molecule has 3 rings (SSSR count). The number of phenolic OH excluding ortho intramolecular Hbond substituents is 1. The largest absolute Gasteiger partial charge is 0.504 e. The number of aromatic hydroxyl groups is 1. The first-order valence-corrected chi connectivity index (χ1v) is 8.68. The molecule has 0 radical (unpaired) electrons. The Labute approximate surface area is 152 Å². The van der Waals surface area contributed by atoms with Gasteiger partial charge in [0.2, 0.25) is 12.5 Å². The van der Waals surface area contributed by atoms with E-state index in [-0.39, 0.29) is 12.5 Å². The molecule has 0 saturated heterocycles. The number of alkyl halides is 1. The van der Waals surface area contributed by atoms with Crippen LogP contribution in [0.5, 0.6) is 17.2 Å². The maximum atomic E-state index is 10.3. The Morgan fingerprint density at radius 3 is 2.72 bits per heavy atom. The van der Waals surface area contributed by atoms with E-state index in [0.29, 0.717) is 23.8 Å². The minimum absolute atomic E-state index is 0.134. The SMILES string of the molecule is CCc1c(/C=C\N=C(C)c2ccc(CCl)cc2)cc2c(c1O)OCO2. The summed E-state index contributed by atoms with van der Waals surface area (Å²) < 4.78 is 10.7. The third-order valence-electron chi connectivity index (χ3n) is 4.18. The molecule has 0 atom stereocenters. The molecule has 2 aromatic rings. The Balaban J connectivity index is 1.85. The van der Waals surface area contributed by atoms with Gasteiger partial charge >= 0.3 is 0 Å². The van der Waals surface area contributed by atoms with E-state index in [0.717, 1.165) is 28.0 Å². The van der Waals surface area contributed by atoms with Crippen molar-refractivity contribution in [3.63, 3.8) is 0 Å². The normalized spacial score (nSPS) is 13.6. The Kier molecular flexibility index (Phi) is 5.29. The highest BCUT2D eigenvalue weighted by Crippen LogP contribution is 2.44. The zero-order valence-corrected chi connectivity index (χ0v) is 15.0. The predicted octanol–water partition coefficient (Wildman–Crippen LogP) is 4.90. The zero-order valence-electron chi connectivity index (χ0n) is 14.3. The molecule has 0 aliphatic carbocycles. The number of benzene rings is 2. The summed E-state index contributed by atoms with van der Waals surface area (Å²) in [5.74, 6) is 1.64. The average Bonchev–Trinajstić information content (AvgIpc) is 3.11. The second-order valence-corrected chi connectivity index (χ2v) is 6.01. The molecule has 25 heavy (non-hydrogen) atoms. The molecule has 0 saturated carbocycles. The Morgan fingerprint density at radius 2 is 2.04 bits per heavy atom. The third kappa shape index (κ3) is 3.64. The molecule has 0 spiro atoms. The summed E-state index contributed by atoms with van der Waals surface area (Å²) >= 11 is 5.81. The highest BCUT2D eigenvalue weighted by molar-refractivity contribution is 6.17. The maximum Gasteiger partial charge on any atom is 0.231 e. The molecule has 0 fully saturated rings. The number of ether oxygens (including phenoxy) is 2. The smallest absolute Gasteiger partial charge is 0.231 e. The monoisotopic (exact) mass is 357 g/mol. The summed E-state index contributed by atoms with van der Waals surface area (Å²) in [5, 5.41) is 10.3. The van der Waals surface area contributed by atoms with Gasteiger partial charge in [-0.15, -0.1) is 11.6 Å². The Morgan fingerprint density at radius 1 is 1.28 bits per heavy atom. The molecule has 1 heterocycles. The molecular formula is C20H20ClNO3. The standard InChI is InChI=1S/C20H20ClNO3/c1-3-17-16(10-18-20(19(17)23)25-12-24-18)8-9-22-13(2)15-6-4-14(11-21)5-7-15/h4-10,23H,3,11-12H2,1-2H3/b9-8-,22-13?. The van der Waals surface area contributed by atoms with E-state index in [2.05, 4.69) is 4.99 Å². The molecule has 0 bridgehead atoms. The minimum atomic E-state index is 0.134. The number of nitrogens with zero attached hydrogens (tertiary/aromatic N) is 1. The molecule has 4 nitrogen and oxygen atoms in total. The van der Waals surface area contributed by atoms with Crippen LogP contribution >= 0.6 is 11.6 Å². The van der Waals surface area contributed by atoms with Gasteiger partial charge in [-0.2, -0.15) is 0 Å². The van der Waals surface area contributed by atoms with Gasteiger partial charge in [0.25, 0.3) is 0 Å². The molecule has 0 aromatic heterocycles. The van der Waals surface area contributed by atoms with E-state index in [1.165, 1.54) is 0 Å². The van der Waals surface area contributed by atoms with Gasteiger partial charge in [-0.1, -0.05) is 31.2 Å². The topological polar surface area (TPSA) is 51.1 Å². The predicted molar refractivity (Wildman–Crippen MR) is 101 cm³/mol. The van der Waals surface area contributed by atoms with Crippen LogP contribution in [0.4, 0.5) is 0 Å². The Hall–Kier alpha value is -2.46. The molecule has 0 unspecified atom stereocenters. The van der Waals surface area contributed by atoms with Gasteiger partial charge in [0.05, 0.1) is 0 Å². The van der Waals surface area contributed by atoms with Gasteiger partial charge in [-0.25, -0.2) is 0 Å². The molecule has 0 amide bonds. The zero-order chi connectivity index (χ0) is 17.8. The van der Waals surface area contributed by atoms with Crippen molar-refractivity contribution < 1.29 is 14.6 Å². The first-order valence-electron chi connectivity index (χ1n) is 8.14. The average molecular weight is 358 g/mol. The number of hydrogen-bond acceptors (Lipinski definition) is 4. The van der Waals surface area contributed by atoms with Crippen molar-refractivity contribution in [1.82, 2.24) is 0 Å². The molecule has 1 aliphatic heterocycles. The number of hydrogen-bond donors (Lipinski definition) is 1. The lowest BCUT2D eigenvalue weighted by atomic mass is 10.0. The van der Waals surface area contributed by atoms with Crippen LogP contribution in [-0.4, -0.2) is 17.6 Å². The van der Waals surface area contributed by atoms with Gasteiger partial charge in [0.15, 0.2) is 11.5 Å². The second kappa shape index (κ2) is 7.62. The summed E-state index contributed by atoms with van der Waals surface area (Å²) in [5.41, 5.74) is 4.72. The van der Waals surface area contributed by atoms with E-state index < -0.39 is 0 Å². The fourth-order valence-electron chi connectivity index (χ4n) is 2.74. The van der Waals surface area contributed by atoms with Crippen LogP contribution in [0.3, 0.4) is 0 Å². The van der Waals surface area contributed by atoms with Gasteiger partial charge < -0.3 is 14.6 Å². The lowest BCUT2D eigenvalue weighted by Crippen LogP contribution is -1.94. The summed E-state index contributed by atoms with van der Waals surface area (Å²) in [7, 11) is 0. The number of halogens is 1. The summed E-state index contributed by atoms with van der Waals surface area (Å²) in [6, 6.07) is 9.88. The van der Waals surface area contributed by atoms with Crippen LogP contribution in [0.1, 0.15) is 36.1 Å². The van der Waals surface area contributed by atoms with Crippen molar-refractivity contribution in [3.05, 3.63) is 58.8 Å². The van der Waals surface area contributed by atoms with Crippen LogP contribution in [0.2, 0.25) is 0 Å². The molecule has 2 aromatic carbocycles. The fourth-order valence-corrected chi connectivity index (χ4v) is 2.92. The van der Waals surface area contributed by atoms with Crippen molar-refractivity contribution in [2.75, 3.05) is 6.79 Å². The first-order chi connectivity index (χ1) is 12.1. The molecule has 1 N–H and O–H groups in total. The van der Waals surface area contributed by atoms with Crippen LogP contribution in [0, 0.1) is 0 Å². The van der Waals surface area contributed by atoms with Gasteiger partial charge in [-0.3, -0.25) is 4.99 Å². The quantitative estimate of drug-likeness (QED) is 0.611. The summed E-state index contributed by atoms with van der Waals surface area (Å²) in [4.78, 5) is 4.49. The van der Waals surface area contributed by atoms with Crippen molar-refractivity contribution in [3.8, 4) is 17.2 Å². The second-order valence-electron chi connectivity index (χ2n) is 5.74. The van der Waals surface area contributed by atoms with E-state index >= 15 is 0 Å². The van der Waals surface area contributed by atoms with E-state index in [1.807, 2.05) is 50.3 Å². The number of fused-ring (bicyclic) bond motifs is 1. The van der Waals surface area contributed by atoms with E-state index in [4.69, 9.17) is 21.1 Å².